The smallest absolute Gasteiger partial charge is 0.267 e. The van der Waals surface area contributed by atoms with Gasteiger partial charge in [-0.3, -0.25) is 9.10 Å². The van der Waals surface area contributed by atoms with E-state index in [-0.39, 0.29) is 9.77 Å². The molecule has 28 heavy (non-hydrogen) atoms. The molecule has 0 aliphatic rings. The first-order valence-electron chi connectivity index (χ1n) is 8.41. The number of halogens is 1. The van der Waals surface area contributed by atoms with Crippen molar-refractivity contribution in [3.05, 3.63) is 74.4 Å². The van der Waals surface area contributed by atoms with Crippen LogP contribution in [-0.2, 0) is 10.0 Å². The third kappa shape index (κ3) is 4.14. The molecule has 3 rings (SSSR count). The second-order valence-corrected chi connectivity index (χ2v) is 10.1. The summed E-state index contributed by atoms with van der Waals surface area (Å²) in [6, 6.07) is 14.0. The van der Waals surface area contributed by atoms with Crippen LogP contribution in [0.15, 0.2) is 63.3 Å². The van der Waals surface area contributed by atoms with Crippen LogP contribution < -0.4 is 9.62 Å². The minimum absolute atomic E-state index is 0.00859. The van der Waals surface area contributed by atoms with Gasteiger partial charge >= 0.3 is 0 Å². The van der Waals surface area contributed by atoms with Crippen molar-refractivity contribution in [3.63, 3.8) is 0 Å². The Morgan fingerprint density at radius 3 is 2.50 bits per heavy atom. The molecule has 5 nitrogen and oxygen atoms in total. The lowest BCUT2D eigenvalue weighted by molar-refractivity contribution is 0.102. The number of aryl methyl sites for hydroxylation is 2. The van der Waals surface area contributed by atoms with Crippen molar-refractivity contribution in [2.75, 3.05) is 16.7 Å². The molecule has 0 bridgehead atoms. The highest BCUT2D eigenvalue weighted by molar-refractivity contribution is 9.10. The van der Waals surface area contributed by atoms with Crippen LogP contribution in [0, 0.1) is 13.8 Å². The molecular weight excluding hydrogens is 460 g/mol. The highest BCUT2D eigenvalue weighted by Crippen LogP contribution is 2.29. The fourth-order valence-electron chi connectivity index (χ4n) is 2.63. The molecule has 0 aliphatic carbocycles. The highest BCUT2D eigenvalue weighted by atomic mass is 79.9. The average Bonchev–Trinajstić information content (AvgIpc) is 3.14. The first-order valence-corrected chi connectivity index (χ1v) is 11.5. The lowest BCUT2D eigenvalue weighted by Crippen LogP contribution is -2.28. The monoisotopic (exact) mass is 478 g/mol. The van der Waals surface area contributed by atoms with Gasteiger partial charge in [-0.1, -0.05) is 28.1 Å². The summed E-state index contributed by atoms with van der Waals surface area (Å²) in [5.41, 5.74) is 3.21. The van der Waals surface area contributed by atoms with Crippen molar-refractivity contribution < 1.29 is 13.2 Å². The van der Waals surface area contributed by atoms with Gasteiger partial charge in [0, 0.05) is 17.2 Å². The number of benzene rings is 2. The maximum absolute atomic E-state index is 13.2. The van der Waals surface area contributed by atoms with Crippen LogP contribution in [0.2, 0.25) is 0 Å². The van der Waals surface area contributed by atoms with E-state index in [0.717, 1.165) is 26.9 Å². The minimum atomic E-state index is -3.88. The quantitative estimate of drug-likeness (QED) is 0.547. The number of anilines is 2. The lowest BCUT2D eigenvalue weighted by atomic mass is 10.1. The number of rotatable bonds is 5. The van der Waals surface area contributed by atoms with Gasteiger partial charge < -0.3 is 5.32 Å². The van der Waals surface area contributed by atoms with Crippen molar-refractivity contribution in [1.29, 1.82) is 0 Å². The minimum Gasteiger partial charge on any atom is -0.321 e. The molecule has 0 spiro atoms. The van der Waals surface area contributed by atoms with E-state index in [1.165, 1.54) is 17.4 Å². The molecule has 0 radical (unpaired) electrons. The third-order valence-corrected chi connectivity index (χ3v) is 7.77. The zero-order valence-corrected chi connectivity index (χ0v) is 18.8. The first-order chi connectivity index (χ1) is 13.2. The molecule has 0 unspecified atom stereocenters. The van der Waals surface area contributed by atoms with Crippen molar-refractivity contribution in [3.8, 4) is 0 Å². The Morgan fingerprint density at radius 1 is 1.07 bits per heavy atom. The number of carbonyl (C=O) groups is 1. The Bertz CT molecular complexity index is 1140. The van der Waals surface area contributed by atoms with Gasteiger partial charge in [0.05, 0.1) is 5.69 Å². The Morgan fingerprint density at radius 2 is 1.82 bits per heavy atom. The Labute approximate surface area is 177 Å². The van der Waals surface area contributed by atoms with Crippen LogP contribution in [-0.4, -0.2) is 21.4 Å². The summed E-state index contributed by atoms with van der Waals surface area (Å²) in [4.78, 5) is 12.9. The van der Waals surface area contributed by atoms with Crippen molar-refractivity contribution in [1.82, 2.24) is 0 Å². The van der Waals surface area contributed by atoms with Crippen LogP contribution in [0.1, 0.15) is 20.8 Å². The molecule has 3 aromatic rings. The number of amides is 1. The van der Waals surface area contributed by atoms with Gasteiger partial charge in [-0.15, -0.1) is 11.3 Å². The third-order valence-electron chi connectivity index (χ3n) is 4.41. The standard InChI is InChI=1S/C20H19BrN2O3S2/c1-13-7-8-17(11-14(13)2)23(3)28(25,26)18-9-10-27-19(18)20(24)22-16-6-4-5-15(21)12-16/h4-12H,1-3H3,(H,22,24). The number of hydrogen-bond acceptors (Lipinski definition) is 4. The fraction of sp³-hybridized carbons (Fsp3) is 0.150. The maximum atomic E-state index is 13.2. The number of hydrogen-bond donors (Lipinski definition) is 1. The Hall–Kier alpha value is -2.16. The van der Waals surface area contributed by atoms with Gasteiger partial charge in [0.15, 0.2) is 0 Å². The normalized spacial score (nSPS) is 11.3. The van der Waals surface area contributed by atoms with E-state index in [4.69, 9.17) is 0 Å². The summed E-state index contributed by atoms with van der Waals surface area (Å²) in [5.74, 6) is -0.458. The Kier molecular flexibility index (Phi) is 5.92. The second kappa shape index (κ2) is 8.06. The average molecular weight is 479 g/mol. The summed E-state index contributed by atoms with van der Waals surface area (Å²) in [7, 11) is -2.39. The molecule has 1 amide bonds. The van der Waals surface area contributed by atoms with Crippen LogP contribution in [0.4, 0.5) is 11.4 Å². The topological polar surface area (TPSA) is 66.5 Å². The van der Waals surface area contributed by atoms with Crippen molar-refractivity contribution in [2.24, 2.45) is 0 Å². The summed E-state index contributed by atoms with van der Waals surface area (Å²) >= 11 is 4.45. The molecule has 0 saturated carbocycles. The van der Waals surface area contributed by atoms with E-state index < -0.39 is 15.9 Å². The fourth-order valence-corrected chi connectivity index (χ4v) is 5.51. The molecule has 1 aromatic heterocycles. The van der Waals surface area contributed by atoms with Crippen molar-refractivity contribution >= 4 is 54.6 Å². The van der Waals surface area contributed by atoms with Crippen LogP contribution >= 0.6 is 27.3 Å². The van der Waals surface area contributed by atoms with Gasteiger partial charge in [-0.05, 0) is 66.8 Å². The summed E-state index contributed by atoms with van der Waals surface area (Å²) in [6.07, 6.45) is 0. The zero-order valence-electron chi connectivity index (χ0n) is 15.6. The molecule has 0 atom stereocenters. The number of carbonyl (C=O) groups excluding carboxylic acids is 1. The molecule has 8 heteroatoms. The summed E-state index contributed by atoms with van der Waals surface area (Å²) in [6.45, 7) is 3.90. The van der Waals surface area contributed by atoms with Gasteiger partial charge in [0.25, 0.3) is 15.9 Å². The SMILES string of the molecule is Cc1ccc(N(C)S(=O)(=O)c2ccsc2C(=O)Nc2cccc(Br)c2)cc1C. The van der Waals surface area contributed by atoms with Gasteiger partial charge in [0.2, 0.25) is 0 Å². The van der Waals surface area contributed by atoms with Gasteiger partial charge in [0.1, 0.15) is 9.77 Å². The molecule has 1 heterocycles. The number of sulfonamides is 1. The van der Waals surface area contributed by atoms with Crippen LogP contribution in [0.5, 0.6) is 0 Å². The molecule has 2 aromatic carbocycles. The van der Waals surface area contributed by atoms with Crippen molar-refractivity contribution in [2.45, 2.75) is 18.7 Å². The first kappa shape index (κ1) is 20.6. The number of nitrogens with one attached hydrogen (secondary N) is 1. The van der Waals surface area contributed by atoms with E-state index in [1.807, 2.05) is 32.0 Å². The van der Waals surface area contributed by atoms with Crippen LogP contribution in [0.25, 0.3) is 0 Å². The second-order valence-electron chi connectivity index (χ2n) is 6.32. The van der Waals surface area contributed by atoms with E-state index in [1.54, 1.807) is 29.6 Å². The Balaban J connectivity index is 1.92. The van der Waals surface area contributed by atoms with E-state index in [0.29, 0.717) is 11.4 Å². The molecule has 146 valence electrons. The number of nitrogens with zero attached hydrogens (tertiary/aromatic N) is 1. The summed E-state index contributed by atoms with van der Waals surface area (Å²) < 4.78 is 28.4. The predicted molar refractivity (Wildman–Crippen MR) is 118 cm³/mol. The molecule has 0 fully saturated rings. The molecule has 0 saturated heterocycles. The number of thiophene rings is 1. The van der Waals surface area contributed by atoms with E-state index >= 15 is 0 Å². The zero-order chi connectivity index (χ0) is 20.5. The highest BCUT2D eigenvalue weighted by Gasteiger charge is 2.28. The van der Waals surface area contributed by atoms with E-state index in [9.17, 15) is 13.2 Å². The van der Waals surface area contributed by atoms with Gasteiger partial charge in [-0.25, -0.2) is 8.42 Å². The molecule has 0 aliphatic heterocycles. The predicted octanol–water partition coefficient (Wildman–Crippen LogP) is 5.20. The lowest BCUT2D eigenvalue weighted by Gasteiger charge is -2.20. The van der Waals surface area contributed by atoms with Crippen LogP contribution in [0.3, 0.4) is 0 Å². The van der Waals surface area contributed by atoms with E-state index in [2.05, 4.69) is 21.2 Å². The largest absolute Gasteiger partial charge is 0.321 e. The van der Waals surface area contributed by atoms with Gasteiger partial charge in [-0.2, -0.15) is 0 Å². The molecular formula is C20H19BrN2O3S2. The summed E-state index contributed by atoms with van der Waals surface area (Å²) in [5, 5.41) is 4.36. The molecule has 1 N–H and O–H groups in total. The maximum Gasteiger partial charge on any atom is 0.267 e.